The predicted octanol–water partition coefficient (Wildman–Crippen LogP) is 3.65. The van der Waals surface area contributed by atoms with E-state index in [0.29, 0.717) is 11.5 Å². The van der Waals surface area contributed by atoms with Crippen molar-refractivity contribution in [3.8, 4) is 0 Å². The normalized spacial score (nSPS) is 24.4. The summed E-state index contributed by atoms with van der Waals surface area (Å²) in [5.41, 5.74) is 8.13. The van der Waals surface area contributed by atoms with Crippen molar-refractivity contribution in [3.05, 3.63) is 22.4 Å². The Morgan fingerprint density at radius 3 is 2.72 bits per heavy atom. The minimum Gasteiger partial charge on any atom is -0.326 e. The van der Waals surface area contributed by atoms with Crippen molar-refractivity contribution in [2.75, 3.05) is 13.1 Å². The zero-order valence-electron chi connectivity index (χ0n) is 11.9. The first-order valence-corrected chi connectivity index (χ1v) is 7.96. The maximum atomic E-state index is 6.24. The molecule has 1 fully saturated rings. The maximum Gasteiger partial charge on any atom is 0.0504 e. The fourth-order valence-electron chi connectivity index (χ4n) is 3.01. The highest BCUT2D eigenvalue weighted by Gasteiger charge is 2.29. The molecule has 1 aromatic rings. The van der Waals surface area contributed by atoms with Gasteiger partial charge in [0.2, 0.25) is 0 Å². The van der Waals surface area contributed by atoms with Crippen LogP contribution < -0.4 is 5.73 Å². The molecule has 0 radical (unpaired) electrons. The third-order valence-corrected chi connectivity index (χ3v) is 4.85. The highest BCUT2D eigenvalue weighted by molar-refractivity contribution is 7.07. The molecule has 1 aliphatic rings. The first-order chi connectivity index (χ1) is 8.49. The minimum atomic E-state index is 0.195. The largest absolute Gasteiger partial charge is 0.326 e. The highest BCUT2D eigenvalue weighted by atomic mass is 32.1. The Kier molecular flexibility index (Phi) is 4.46. The van der Waals surface area contributed by atoms with Gasteiger partial charge in [0, 0.05) is 6.04 Å². The molecule has 102 valence electrons. The molecule has 1 saturated heterocycles. The summed E-state index contributed by atoms with van der Waals surface area (Å²) < 4.78 is 0. The van der Waals surface area contributed by atoms with Crippen molar-refractivity contribution in [2.45, 2.75) is 52.1 Å². The van der Waals surface area contributed by atoms with Gasteiger partial charge in [0.05, 0.1) is 6.04 Å². The van der Waals surface area contributed by atoms with Gasteiger partial charge in [0.25, 0.3) is 0 Å². The van der Waals surface area contributed by atoms with Crippen molar-refractivity contribution >= 4 is 11.3 Å². The van der Waals surface area contributed by atoms with Crippen molar-refractivity contribution in [1.29, 1.82) is 0 Å². The number of nitrogens with two attached hydrogens (primary N) is 1. The van der Waals surface area contributed by atoms with E-state index in [4.69, 9.17) is 5.73 Å². The van der Waals surface area contributed by atoms with Gasteiger partial charge in [-0.15, -0.1) is 0 Å². The summed E-state index contributed by atoms with van der Waals surface area (Å²) in [6, 6.07) is 2.82. The maximum absolute atomic E-state index is 6.24. The van der Waals surface area contributed by atoms with Gasteiger partial charge in [0.1, 0.15) is 0 Å². The van der Waals surface area contributed by atoms with Crippen LogP contribution in [-0.4, -0.2) is 24.0 Å². The highest BCUT2D eigenvalue weighted by Crippen LogP contribution is 2.34. The Balaban J connectivity index is 2.12. The Labute approximate surface area is 115 Å². The third-order valence-electron chi connectivity index (χ3n) is 4.15. The molecule has 0 amide bonds. The summed E-state index contributed by atoms with van der Waals surface area (Å²) in [6.07, 6.45) is 3.90. The number of thiophene rings is 1. The zero-order chi connectivity index (χ0) is 13.2. The van der Waals surface area contributed by atoms with E-state index in [2.05, 4.69) is 42.5 Å². The van der Waals surface area contributed by atoms with Crippen LogP contribution in [0.3, 0.4) is 0 Å². The average molecular weight is 266 g/mol. The van der Waals surface area contributed by atoms with E-state index in [1.807, 2.05) is 0 Å². The summed E-state index contributed by atoms with van der Waals surface area (Å²) in [6.45, 7) is 9.28. The van der Waals surface area contributed by atoms with Crippen molar-refractivity contribution in [2.24, 2.45) is 11.1 Å². The van der Waals surface area contributed by atoms with Crippen LogP contribution in [0.25, 0.3) is 0 Å². The van der Waals surface area contributed by atoms with Gasteiger partial charge in [-0.05, 0) is 67.1 Å². The molecule has 2 atom stereocenters. The SMILES string of the molecule is CC(N)C(c1ccsc1)N1CCCC(C)(C)CC1. The molecule has 2 heterocycles. The fraction of sp³-hybridized carbons (Fsp3) is 0.733. The lowest BCUT2D eigenvalue weighted by molar-refractivity contribution is 0.176. The first-order valence-electron chi connectivity index (χ1n) is 7.01. The van der Waals surface area contributed by atoms with Gasteiger partial charge in [-0.2, -0.15) is 11.3 Å². The van der Waals surface area contributed by atoms with E-state index in [1.54, 1.807) is 11.3 Å². The summed E-state index contributed by atoms with van der Waals surface area (Å²) in [7, 11) is 0. The van der Waals surface area contributed by atoms with Crippen molar-refractivity contribution in [1.82, 2.24) is 4.90 Å². The number of hydrogen-bond acceptors (Lipinski definition) is 3. The van der Waals surface area contributed by atoms with Crippen LogP contribution in [0.5, 0.6) is 0 Å². The quantitative estimate of drug-likeness (QED) is 0.905. The second-order valence-corrected chi connectivity index (χ2v) is 7.19. The smallest absolute Gasteiger partial charge is 0.0504 e. The molecule has 0 saturated carbocycles. The number of hydrogen-bond donors (Lipinski definition) is 1. The molecule has 0 aliphatic carbocycles. The molecule has 18 heavy (non-hydrogen) atoms. The second kappa shape index (κ2) is 5.72. The third kappa shape index (κ3) is 3.34. The van der Waals surface area contributed by atoms with E-state index < -0.39 is 0 Å². The lowest BCUT2D eigenvalue weighted by Crippen LogP contribution is -2.40. The van der Waals surface area contributed by atoms with E-state index in [1.165, 1.54) is 37.9 Å². The van der Waals surface area contributed by atoms with Gasteiger partial charge in [-0.25, -0.2) is 0 Å². The molecule has 0 bridgehead atoms. The summed E-state index contributed by atoms with van der Waals surface area (Å²) in [4.78, 5) is 2.60. The van der Waals surface area contributed by atoms with E-state index >= 15 is 0 Å². The summed E-state index contributed by atoms with van der Waals surface area (Å²) in [5, 5.41) is 4.41. The first kappa shape index (κ1) is 14.0. The van der Waals surface area contributed by atoms with Crippen LogP contribution >= 0.6 is 11.3 Å². The summed E-state index contributed by atoms with van der Waals surface area (Å²) in [5.74, 6) is 0. The number of likely N-dealkylation sites (tertiary alicyclic amines) is 1. The fourth-order valence-corrected chi connectivity index (χ4v) is 3.70. The van der Waals surface area contributed by atoms with Gasteiger partial charge in [-0.3, -0.25) is 4.90 Å². The van der Waals surface area contributed by atoms with Crippen LogP contribution in [0, 0.1) is 5.41 Å². The van der Waals surface area contributed by atoms with Crippen LogP contribution in [0.2, 0.25) is 0 Å². The Morgan fingerprint density at radius 1 is 1.33 bits per heavy atom. The topological polar surface area (TPSA) is 29.3 Å². The molecule has 2 unspecified atom stereocenters. The van der Waals surface area contributed by atoms with Crippen LogP contribution in [0.1, 0.15) is 51.6 Å². The lowest BCUT2D eigenvalue weighted by Gasteiger charge is -2.33. The van der Waals surface area contributed by atoms with E-state index in [0.717, 1.165) is 0 Å². The van der Waals surface area contributed by atoms with Gasteiger partial charge >= 0.3 is 0 Å². The van der Waals surface area contributed by atoms with Gasteiger partial charge in [0.15, 0.2) is 0 Å². The number of nitrogens with zero attached hydrogens (tertiary/aromatic N) is 1. The van der Waals surface area contributed by atoms with E-state index in [-0.39, 0.29) is 6.04 Å². The number of rotatable bonds is 3. The van der Waals surface area contributed by atoms with Gasteiger partial charge < -0.3 is 5.73 Å². The monoisotopic (exact) mass is 266 g/mol. The van der Waals surface area contributed by atoms with Crippen LogP contribution in [0.4, 0.5) is 0 Å². The molecular formula is C15H26N2S. The minimum absolute atomic E-state index is 0.195. The van der Waals surface area contributed by atoms with Crippen LogP contribution in [0.15, 0.2) is 16.8 Å². The standard InChI is InChI=1S/C15H26N2S/c1-12(16)14(13-5-10-18-11-13)17-8-4-6-15(2,3)7-9-17/h5,10-12,14H,4,6-9,16H2,1-3H3. The molecule has 0 aromatic carbocycles. The van der Waals surface area contributed by atoms with Crippen molar-refractivity contribution in [3.63, 3.8) is 0 Å². The molecule has 3 heteroatoms. The molecule has 0 spiro atoms. The van der Waals surface area contributed by atoms with Crippen LogP contribution in [-0.2, 0) is 0 Å². The molecular weight excluding hydrogens is 240 g/mol. The predicted molar refractivity (Wildman–Crippen MR) is 79.9 cm³/mol. The molecule has 1 aromatic heterocycles. The lowest BCUT2D eigenvalue weighted by atomic mass is 9.85. The molecule has 1 aliphatic heterocycles. The Morgan fingerprint density at radius 2 is 2.11 bits per heavy atom. The van der Waals surface area contributed by atoms with Crippen molar-refractivity contribution < 1.29 is 0 Å². The van der Waals surface area contributed by atoms with Gasteiger partial charge in [-0.1, -0.05) is 13.8 Å². The molecule has 2 rings (SSSR count). The average Bonchev–Trinajstić information content (AvgIpc) is 2.72. The molecule has 2 N–H and O–H groups in total. The zero-order valence-corrected chi connectivity index (χ0v) is 12.7. The molecule has 2 nitrogen and oxygen atoms in total. The van der Waals surface area contributed by atoms with E-state index in [9.17, 15) is 0 Å². The second-order valence-electron chi connectivity index (χ2n) is 6.41. The summed E-state index contributed by atoms with van der Waals surface area (Å²) >= 11 is 1.77. The Hall–Kier alpha value is -0.380. The Bertz CT molecular complexity index is 357.